The SMILES string of the molecule is O=C1Nc2ccccc2[C@@]12CC(c1ccccc1)=NN2. The molecule has 4 nitrogen and oxygen atoms in total. The molecule has 0 aromatic heterocycles. The van der Waals surface area contributed by atoms with Gasteiger partial charge in [0.15, 0.2) is 5.54 Å². The molecule has 0 fully saturated rings. The minimum absolute atomic E-state index is 0.0339. The van der Waals surface area contributed by atoms with Gasteiger partial charge in [-0.3, -0.25) is 10.2 Å². The van der Waals surface area contributed by atoms with Crippen LogP contribution in [0.25, 0.3) is 0 Å². The number of hydrazone groups is 1. The predicted molar refractivity (Wildman–Crippen MR) is 77.5 cm³/mol. The van der Waals surface area contributed by atoms with Crippen LogP contribution in [0.4, 0.5) is 5.69 Å². The Labute approximate surface area is 116 Å². The summed E-state index contributed by atoms with van der Waals surface area (Å²) in [5.41, 5.74) is 6.12. The first kappa shape index (κ1) is 11.2. The fraction of sp³-hybridized carbons (Fsp3) is 0.125. The van der Waals surface area contributed by atoms with E-state index in [0.29, 0.717) is 6.42 Å². The fourth-order valence-corrected chi connectivity index (χ4v) is 2.89. The van der Waals surface area contributed by atoms with Gasteiger partial charge in [0.1, 0.15) is 0 Å². The van der Waals surface area contributed by atoms with Gasteiger partial charge in [-0.15, -0.1) is 0 Å². The lowest BCUT2D eigenvalue weighted by Gasteiger charge is -2.20. The van der Waals surface area contributed by atoms with Crippen LogP contribution in [0.2, 0.25) is 0 Å². The number of fused-ring (bicyclic) bond motifs is 2. The largest absolute Gasteiger partial charge is 0.323 e. The highest BCUT2D eigenvalue weighted by Gasteiger charge is 2.50. The van der Waals surface area contributed by atoms with E-state index in [4.69, 9.17) is 0 Å². The third kappa shape index (κ3) is 1.42. The molecular formula is C16H13N3O. The van der Waals surface area contributed by atoms with Gasteiger partial charge in [0.25, 0.3) is 5.91 Å². The molecule has 2 aliphatic rings. The number of para-hydroxylation sites is 1. The third-order valence-electron chi connectivity index (χ3n) is 3.94. The van der Waals surface area contributed by atoms with Crippen molar-refractivity contribution in [3.63, 3.8) is 0 Å². The van der Waals surface area contributed by atoms with Crippen molar-refractivity contribution in [2.24, 2.45) is 5.10 Å². The van der Waals surface area contributed by atoms with Gasteiger partial charge in [-0.2, -0.15) is 5.10 Å². The van der Waals surface area contributed by atoms with E-state index in [0.717, 1.165) is 22.5 Å². The highest BCUT2D eigenvalue weighted by atomic mass is 16.2. The second kappa shape index (κ2) is 3.93. The van der Waals surface area contributed by atoms with Gasteiger partial charge in [0.05, 0.1) is 5.71 Å². The standard InChI is InChI=1S/C16H13N3O/c20-15-16(12-8-4-5-9-13(12)17-15)10-14(18-19-16)11-6-2-1-3-7-11/h1-9,19H,10H2,(H,17,20)/t16-/m0/s1. The molecule has 2 heterocycles. The predicted octanol–water partition coefficient (Wildman–Crippen LogP) is 2.23. The Hall–Kier alpha value is -2.62. The molecule has 2 N–H and O–H groups in total. The first-order chi connectivity index (χ1) is 9.79. The zero-order valence-electron chi connectivity index (χ0n) is 10.8. The molecule has 1 spiro atoms. The summed E-state index contributed by atoms with van der Waals surface area (Å²) in [5.74, 6) is -0.0339. The fourth-order valence-electron chi connectivity index (χ4n) is 2.89. The zero-order chi connectivity index (χ0) is 13.6. The van der Waals surface area contributed by atoms with Crippen molar-refractivity contribution in [3.8, 4) is 0 Å². The number of amides is 1. The van der Waals surface area contributed by atoms with E-state index in [1.165, 1.54) is 0 Å². The Morgan fingerprint density at radius 2 is 1.75 bits per heavy atom. The van der Waals surface area contributed by atoms with Crippen molar-refractivity contribution < 1.29 is 4.79 Å². The molecule has 0 saturated carbocycles. The second-order valence-electron chi connectivity index (χ2n) is 5.12. The molecule has 2 aromatic rings. The first-order valence-electron chi connectivity index (χ1n) is 6.60. The number of nitrogens with zero attached hydrogens (tertiary/aromatic N) is 1. The molecule has 2 aliphatic heterocycles. The number of carbonyl (C=O) groups excluding carboxylic acids is 1. The molecule has 0 unspecified atom stereocenters. The minimum atomic E-state index is -0.748. The maximum absolute atomic E-state index is 12.4. The summed E-state index contributed by atoms with van der Waals surface area (Å²) in [6.07, 6.45) is 0.569. The zero-order valence-corrected chi connectivity index (χ0v) is 10.8. The summed E-state index contributed by atoms with van der Waals surface area (Å²) in [6, 6.07) is 17.7. The topological polar surface area (TPSA) is 53.5 Å². The number of nitrogens with one attached hydrogen (secondary N) is 2. The monoisotopic (exact) mass is 263 g/mol. The molecule has 4 rings (SSSR count). The van der Waals surface area contributed by atoms with E-state index in [1.807, 2.05) is 54.6 Å². The van der Waals surface area contributed by atoms with Crippen molar-refractivity contribution in [1.29, 1.82) is 0 Å². The summed E-state index contributed by atoms with van der Waals surface area (Å²) >= 11 is 0. The molecule has 20 heavy (non-hydrogen) atoms. The molecule has 0 bridgehead atoms. The molecule has 1 atom stereocenters. The quantitative estimate of drug-likeness (QED) is 0.829. The third-order valence-corrected chi connectivity index (χ3v) is 3.94. The molecule has 0 saturated heterocycles. The average Bonchev–Trinajstić information content (AvgIpc) is 3.05. The van der Waals surface area contributed by atoms with Gasteiger partial charge in [-0.25, -0.2) is 0 Å². The lowest BCUT2D eigenvalue weighted by Crippen LogP contribution is -2.42. The van der Waals surface area contributed by atoms with Crippen molar-refractivity contribution in [2.45, 2.75) is 12.0 Å². The highest BCUT2D eigenvalue weighted by molar-refractivity contribution is 6.13. The van der Waals surface area contributed by atoms with Gasteiger partial charge >= 0.3 is 0 Å². The van der Waals surface area contributed by atoms with Gasteiger partial charge in [-0.1, -0.05) is 48.5 Å². The summed E-state index contributed by atoms with van der Waals surface area (Å²) in [7, 11) is 0. The summed E-state index contributed by atoms with van der Waals surface area (Å²) in [5, 5.41) is 7.32. The Morgan fingerprint density at radius 3 is 2.60 bits per heavy atom. The Bertz CT molecular complexity index is 724. The van der Waals surface area contributed by atoms with Crippen LogP contribution < -0.4 is 10.7 Å². The van der Waals surface area contributed by atoms with E-state index in [-0.39, 0.29) is 5.91 Å². The van der Waals surface area contributed by atoms with Gasteiger partial charge < -0.3 is 5.32 Å². The van der Waals surface area contributed by atoms with Crippen molar-refractivity contribution in [3.05, 3.63) is 65.7 Å². The maximum atomic E-state index is 12.4. The molecule has 4 heteroatoms. The lowest BCUT2D eigenvalue weighted by atomic mass is 9.86. The average molecular weight is 263 g/mol. The molecule has 0 aliphatic carbocycles. The van der Waals surface area contributed by atoms with Crippen LogP contribution in [0.1, 0.15) is 17.5 Å². The van der Waals surface area contributed by atoms with Gasteiger partial charge in [0.2, 0.25) is 0 Å². The molecular weight excluding hydrogens is 250 g/mol. The number of benzene rings is 2. The van der Waals surface area contributed by atoms with Crippen LogP contribution in [-0.2, 0) is 10.3 Å². The van der Waals surface area contributed by atoms with Crippen LogP contribution >= 0.6 is 0 Å². The van der Waals surface area contributed by atoms with E-state index in [1.54, 1.807) is 0 Å². The van der Waals surface area contributed by atoms with Crippen LogP contribution in [0.15, 0.2) is 59.7 Å². The summed E-state index contributed by atoms with van der Waals surface area (Å²) in [6.45, 7) is 0. The number of carbonyl (C=O) groups is 1. The summed E-state index contributed by atoms with van der Waals surface area (Å²) in [4.78, 5) is 12.4. The normalized spacial score (nSPS) is 23.2. The number of hydrogen-bond donors (Lipinski definition) is 2. The Morgan fingerprint density at radius 1 is 1.00 bits per heavy atom. The van der Waals surface area contributed by atoms with E-state index in [9.17, 15) is 4.79 Å². The second-order valence-corrected chi connectivity index (χ2v) is 5.12. The lowest BCUT2D eigenvalue weighted by molar-refractivity contribution is -0.121. The van der Waals surface area contributed by atoms with Crippen LogP contribution in [0.5, 0.6) is 0 Å². The molecule has 2 aromatic carbocycles. The van der Waals surface area contributed by atoms with Crippen molar-refractivity contribution >= 4 is 17.3 Å². The van der Waals surface area contributed by atoms with E-state index < -0.39 is 5.54 Å². The first-order valence-corrected chi connectivity index (χ1v) is 6.60. The Balaban J connectivity index is 1.74. The number of rotatable bonds is 1. The molecule has 98 valence electrons. The van der Waals surface area contributed by atoms with Crippen molar-refractivity contribution in [1.82, 2.24) is 5.43 Å². The van der Waals surface area contributed by atoms with Crippen LogP contribution in [-0.4, -0.2) is 11.6 Å². The Kier molecular flexibility index (Phi) is 2.21. The van der Waals surface area contributed by atoms with E-state index >= 15 is 0 Å². The van der Waals surface area contributed by atoms with E-state index in [2.05, 4.69) is 15.8 Å². The van der Waals surface area contributed by atoms with Gasteiger partial charge in [-0.05, 0) is 11.6 Å². The molecule has 0 radical (unpaired) electrons. The van der Waals surface area contributed by atoms with Crippen molar-refractivity contribution in [2.75, 3.05) is 5.32 Å². The van der Waals surface area contributed by atoms with Crippen LogP contribution in [0.3, 0.4) is 0 Å². The highest BCUT2D eigenvalue weighted by Crippen LogP contribution is 2.41. The molecule has 1 amide bonds. The number of hydrogen-bond acceptors (Lipinski definition) is 3. The summed E-state index contributed by atoms with van der Waals surface area (Å²) < 4.78 is 0. The van der Waals surface area contributed by atoms with Gasteiger partial charge in [0, 0.05) is 17.7 Å². The van der Waals surface area contributed by atoms with Crippen LogP contribution in [0, 0.1) is 0 Å². The minimum Gasteiger partial charge on any atom is -0.323 e. The maximum Gasteiger partial charge on any atom is 0.256 e. The smallest absolute Gasteiger partial charge is 0.256 e. The number of anilines is 1.